The molecule has 0 saturated carbocycles. The van der Waals surface area contributed by atoms with Crippen LogP contribution in [0, 0.1) is 5.92 Å². The predicted octanol–water partition coefficient (Wildman–Crippen LogP) is 2.80. The molecular formula is C15H18N2. The molecule has 1 N–H and O–H groups in total. The average Bonchev–Trinajstić information content (AvgIpc) is 2.68. The maximum Gasteiger partial charge on any atom is 0.0484 e. The smallest absolute Gasteiger partial charge is 0.0484 e. The van der Waals surface area contributed by atoms with Crippen molar-refractivity contribution in [2.75, 3.05) is 13.1 Å². The number of rotatable bonds is 1. The first kappa shape index (κ1) is 10.6. The first-order valence-electron chi connectivity index (χ1n) is 6.21. The summed E-state index contributed by atoms with van der Waals surface area (Å²) in [4.78, 5) is 0. The minimum Gasteiger partial charge on any atom is -0.350 e. The van der Waals surface area contributed by atoms with Gasteiger partial charge in [-0.15, -0.1) is 0 Å². The minimum atomic E-state index is 0.623. The average molecular weight is 226 g/mol. The van der Waals surface area contributed by atoms with E-state index in [2.05, 4.69) is 60.4 Å². The molecule has 0 fully saturated rings. The molecule has 1 aromatic carbocycles. The highest BCUT2D eigenvalue weighted by atomic mass is 14.9. The van der Waals surface area contributed by atoms with Gasteiger partial charge in [-0.05, 0) is 17.6 Å². The summed E-state index contributed by atoms with van der Waals surface area (Å²) in [7, 11) is 2.12. The highest BCUT2D eigenvalue weighted by molar-refractivity contribution is 5.93. The molecule has 1 unspecified atom stereocenters. The number of nitrogens with zero attached hydrogens (tertiary/aromatic N) is 1. The van der Waals surface area contributed by atoms with E-state index in [1.807, 2.05) is 0 Å². The maximum absolute atomic E-state index is 3.48. The monoisotopic (exact) mass is 226 g/mol. The fraction of sp³-hybridized carbons (Fsp3) is 0.333. The van der Waals surface area contributed by atoms with Crippen LogP contribution >= 0.6 is 0 Å². The Labute approximate surface area is 102 Å². The SMILES string of the molecule is CC1C=C(c2cn(C)c3ccccc23)CNC1. The molecule has 2 nitrogen and oxygen atoms in total. The van der Waals surface area contributed by atoms with E-state index in [0.29, 0.717) is 5.92 Å². The molecule has 2 heteroatoms. The summed E-state index contributed by atoms with van der Waals surface area (Å²) < 4.78 is 2.21. The molecule has 0 aliphatic carbocycles. The molecule has 0 bridgehead atoms. The zero-order valence-corrected chi connectivity index (χ0v) is 10.4. The lowest BCUT2D eigenvalue weighted by Crippen LogP contribution is -2.26. The number of fused-ring (bicyclic) bond motifs is 1. The van der Waals surface area contributed by atoms with Crippen LogP contribution in [-0.2, 0) is 7.05 Å². The second-order valence-electron chi connectivity index (χ2n) is 4.97. The Morgan fingerprint density at radius 2 is 2.12 bits per heavy atom. The first-order valence-corrected chi connectivity index (χ1v) is 6.21. The zero-order valence-electron chi connectivity index (χ0n) is 10.4. The molecule has 0 radical (unpaired) electrons. The van der Waals surface area contributed by atoms with Crippen molar-refractivity contribution in [1.29, 1.82) is 0 Å². The standard InChI is InChI=1S/C15H18N2/c1-11-7-12(9-16-8-11)14-10-17(2)15-6-4-3-5-13(14)15/h3-7,10-11,16H,8-9H2,1-2H3. The van der Waals surface area contributed by atoms with Crippen LogP contribution in [0.3, 0.4) is 0 Å². The number of hydrogen-bond donors (Lipinski definition) is 1. The van der Waals surface area contributed by atoms with Crippen LogP contribution in [0.1, 0.15) is 12.5 Å². The summed E-state index contributed by atoms with van der Waals surface area (Å²) in [5, 5.41) is 4.84. The van der Waals surface area contributed by atoms with Crippen molar-refractivity contribution in [3.63, 3.8) is 0 Å². The van der Waals surface area contributed by atoms with Crippen LogP contribution in [0.5, 0.6) is 0 Å². The fourth-order valence-corrected chi connectivity index (χ4v) is 2.68. The number of aromatic nitrogens is 1. The second kappa shape index (κ2) is 4.04. The molecule has 2 aromatic rings. The third-order valence-electron chi connectivity index (χ3n) is 3.51. The van der Waals surface area contributed by atoms with Crippen LogP contribution in [0.4, 0.5) is 0 Å². The van der Waals surface area contributed by atoms with Crippen molar-refractivity contribution in [3.8, 4) is 0 Å². The molecule has 0 spiro atoms. The van der Waals surface area contributed by atoms with E-state index in [9.17, 15) is 0 Å². The normalized spacial score (nSPS) is 20.6. The molecule has 1 aliphatic heterocycles. The second-order valence-corrected chi connectivity index (χ2v) is 4.97. The largest absolute Gasteiger partial charge is 0.350 e. The summed E-state index contributed by atoms with van der Waals surface area (Å²) in [6.45, 7) is 4.34. The molecule has 2 heterocycles. The summed E-state index contributed by atoms with van der Waals surface area (Å²) >= 11 is 0. The third kappa shape index (κ3) is 1.79. The molecule has 0 amide bonds. The molecule has 3 rings (SSSR count). The van der Waals surface area contributed by atoms with Gasteiger partial charge in [-0.1, -0.05) is 31.2 Å². The quantitative estimate of drug-likeness (QED) is 0.791. The topological polar surface area (TPSA) is 17.0 Å². The molecule has 1 aliphatic rings. The van der Waals surface area contributed by atoms with Gasteiger partial charge in [0.2, 0.25) is 0 Å². The molecule has 17 heavy (non-hydrogen) atoms. The Bertz CT molecular complexity index is 578. The molecule has 0 saturated heterocycles. The van der Waals surface area contributed by atoms with Crippen molar-refractivity contribution in [2.45, 2.75) is 6.92 Å². The van der Waals surface area contributed by atoms with Crippen molar-refractivity contribution in [2.24, 2.45) is 13.0 Å². The number of nitrogens with one attached hydrogen (secondary N) is 1. The van der Waals surface area contributed by atoms with E-state index < -0.39 is 0 Å². The van der Waals surface area contributed by atoms with Gasteiger partial charge in [0.05, 0.1) is 0 Å². The molecule has 88 valence electrons. The summed E-state index contributed by atoms with van der Waals surface area (Å²) in [6, 6.07) is 8.61. The molecule has 1 aromatic heterocycles. The van der Waals surface area contributed by atoms with Crippen molar-refractivity contribution in [3.05, 3.63) is 42.1 Å². The lowest BCUT2D eigenvalue weighted by Gasteiger charge is -2.18. The maximum atomic E-state index is 3.48. The van der Waals surface area contributed by atoms with Crippen molar-refractivity contribution in [1.82, 2.24) is 9.88 Å². The number of hydrogen-bond acceptors (Lipinski definition) is 1. The Morgan fingerprint density at radius 3 is 2.94 bits per heavy atom. The lowest BCUT2D eigenvalue weighted by atomic mass is 9.97. The highest BCUT2D eigenvalue weighted by Gasteiger charge is 2.14. The van der Waals surface area contributed by atoms with Crippen LogP contribution in [0.25, 0.3) is 16.5 Å². The van der Waals surface area contributed by atoms with E-state index in [0.717, 1.165) is 13.1 Å². The summed E-state index contributed by atoms with van der Waals surface area (Å²) in [5.74, 6) is 0.623. The van der Waals surface area contributed by atoms with Crippen LogP contribution in [0.2, 0.25) is 0 Å². The fourth-order valence-electron chi connectivity index (χ4n) is 2.68. The van der Waals surface area contributed by atoms with E-state index in [4.69, 9.17) is 0 Å². The van der Waals surface area contributed by atoms with Gasteiger partial charge in [0.15, 0.2) is 0 Å². The highest BCUT2D eigenvalue weighted by Crippen LogP contribution is 2.28. The van der Waals surface area contributed by atoms with Gasteiger partial charge in [-0.2, -0.15) is 0 Å². The van der Waals surface area contributed by atoms with Crippen LogP contribution < -0.4 is 5.32 Å². The Kier molecular flexibility index (Phi) is 2.52. The predicted molar refractivity (Wildman–Crippen MR) is 72.9 cm³/mol. The van der Waals surface area contributed by atoms with Crippen molar-refractivity contribution < 1.29 is 0 Å². The van der Waals surface area contributed by atoms with Gasteiger partial charge in [-0.25, -0.2) is 0 Å². The molecule has 1 atom stereocenters. The summed E-state index contributed by atoms with van der Waals surface area (Å²) in [6.07, 6.45) is 4.65. The lowest BCUT2D eigenvalue weighted by molar-refractivity contribution is 0.607. The van der Waals surface area contributed by atoms with Gasteiger partial charge in [0.1, 0.15) is 0 Å². The number of aryl methyl sites for hydroxylation is 1. The van der Waals surface area contributed by atoms with Gasteiger partial charge in [-0.3, -0.25) is 0 Å². The number of benzene rings is 1. The molecular weight excluding hydrogens is 208 g/mol. The Balaban J connectivity index is 2.17. The Morgan fingerprint density at radius 1 is 1.29 bits per heavy atom. The van der Waals surface area contributed by atoms with E-state index in [1.54, 1.807) is 0 Å². The zero-order chi connectivity index (χ0) is 11.8. The minimum absolute atomic E-state index is 0.623. The summed E-state index contributed by atoms with van der Waals surface area (Å²) in [5.41, 5.74) is 4.12. The van der Waals surface area contributed by atoms with Gasteiger partial charge in [0, 0.05) is 42.8 Å². The first-order chi connectivity index (χ1) is 8.25. The van der Waals surface area contributed by atoms with E-state index >= 15 is 0 Å². The van der Waals surface area contributed by atoms with Crippen LogP contribution in [0.15, 0.2) is 36.5 Å². The van der Waals surface area contributed by atoms with Crippen molar-refractivity contribution >= 4 is 16.5 Å². The van der Waals surface area contributed by atoms with Crippen LogP contribution in [-0.4, -0.2) is 17.7 Å². The Hall–Kier alpha value is -1.54. The van der Waals surface area contributed by atoms with Gasteiger partial charge in [0.25, 0.3) is 0 Å². The van der Waals surface area contributed by atoms with E-state index in [-0.39, 0.29) is 0 Å². The van der Waals surface area contributed by atoms with Gasteiger partial charge >= 0.3 is 0 Å². The van der Waals surface area contributed by atoms with E-state index in [1.165, 1.54) is 22.0 Å². The van der Waals surface area contributed by atoms with Gasteiger partial charge < -0.3 is 9.88 Å². The third-order valence-corrected chi connectivity index (χ3v) is 3.51. The number of para-hydroxylation sites is 1.